The van der Waals surface area contributed by atoms with Crippen molar-refractivity contribution in [1.29, 1.82) is 0 Å². The van der Waals surface area contributed by atoms with Crippen LogP contribution in [0.3, 0.4) is 0 Å². The molecule has 0 spiro atoms. The van der Waals surface area contributed by atoms with E-state index in [1.807, 2.05) is 0 Å². The molecule has 0 aromatic rings. The summed E-state index contributed by atoms with van der Waals surface area (Å²) in [5.41, 5.74) is 0. The van der Waals surface area contributed by atoms with Crippen molar-refractivity contribution >= 4 is 0 Å². The minimum Gasteiger partial charge on any atom is -0.382 e. The Balaban J connectivity index is 2.10. The van der Waals surface area contributed by atoms with E-state index in [1.54, 1.807) is 7.11 Å². The number of rotatable bonds is 7. The predicted octanol–water partition coefficient (Wildman–Crippen LogP) is 1.36. The lowest BCUT2D eigenvalue weighted by Crippen LogP contribution is -2.42. The molecule has 4 heteroatoms. The van der Waals surface area contributed by atoms with Crippen LogP contribution in [0.1, 0.15) is 26.7 Å². The Kier molecular flexibility index (Phi) is 8.59. The second-order valence-electron chi connectivity index (χ2n) is 5.46. The van der Waals surface area contributed by atoms with Crippen LogP contribution in [0.25, 0.3) is 0 Å². The molecule has 4 nitrogen and oxygen atoms in total. The van der Waals surface area contributed by atoms with Gasteiger partial charge in [0.25, 0.3) is 0 Å². The summed E-state index contributed by atoms with van der Waals surface area (Å²) in [5.74, 6) is 0.738. The van der Waals surface area contributed by atoms with Crippen molar-refractivity contribution in [2.45, 2.75) is 32.7 Å². The van der Waals surface area contributed by atoms with Crippen molar-refractivity contribution in [3.8, 4) is 0 Å². The summed E-state index contributed by atoms with van der Waals surface area (Å²) < 4.78 is 10.5. The highest BCUT2D eigenvalue weighted by atomic mass is 16.5. The van der Waals surface area contributed by atoms with Crippen LogP contribution in [0.4, 0.5) is 0 Å². The van der Waals surface area contributed by atoms with Crippen molar-refractivity contribution < 1.29 is 9.47 Å². The van der Waals surface area contributed by atoms with Crippen molar-refractivity contribution in [2.24, 2.45) is 5.92 Å². The third-order valence-corrected chi connectivity index (χ3v) is 3.46. The van der Waals surface area contributed by atoms with Gasteiger partial charge in [0.15, 0.2) is 0 Å². The van der Waals surface area contributed by atoms with Crippen molar-refractivity contribution in [2.75, 3.05) is 53.1 Å². The predicted molar refractivity (Wildman–Crippen MR) is 75.0 cm³/mol. The van der Waals surface area contributed by atoms with Crippen molar-refractivity contribution in [3.05, 3.63) is 0 Å². The summed E-state index contributed by atoms with van der Waals surface area (Å²) in [6, 6.07) is 0.646. The fourth-order valence-corrected chi connectivity index (χ4v) is 2.31. The molecule has 0 aliphatic carbocycles. The number of nitrogens with one attached hydrogen (secondary N) is 1. The molecule has 2 unspecified atom stereocenters. The quantitative estimate of drug-likeness (QED) is 0.699. The number of hydrogen-bond acceptors (Lipinski definition) is 4. The van der Waals surface area contributed by atoms with Gasteiger partial charge in [-0.1, -0.05) is 6.92 Å². The van der Waals surface area contributed by atoms with Gasteiger partial charge < -0.3 is 19.7 Å². The van der Waals surface area contributed by atoms with Crippen LogP contribution in [0.15, 0.2) is 0 Å². The first-order valence-electron chi connectivity index (χ1n) is 7.24. The molecule has 0 amide bonds. The Morgan fingerprint density at radius 3 is 2.83 bits per heavy atom. The highest BCUT2D eigenvalue weighted by Gasteiger charge is 2.15. The Hall–Kier alpha value is -0.160. The van der Waals surface area contributed by atoms with Gasteiger partial charge in [-0.25, -0.2) is 0 Å². The number of nitrogens with zero attached hydrogens (tertiary/aromatic N) is 1. The fourth-order valence-electron chi connectivity index (χ4n) is 2.31. The molecule has 2 atom stereocenters. The molecule has 108 valence electrons. The van der Waals surface area contributed by atoms with Crippen molar-refractivity contribution in [3.63, 3.8) is 0 Å². The van der Waals surface area contributed by atoms with Crippen LogP contribution >= 0.6 is 0 Å². The first kappa shape index (κ1) is 15.9. The normalized spacial score (nSPS) is 26.8. The standard InChI is InChI=1S/C14H30N2O2/c1-13-11-15-14(2)5-7-16(12-13)6-4-8-18-10-9-17-3/h13-15H,4-12H2,1-3H3. The van der Waals surface area contributed by atoms with Gasteiger partial charge in [-0.15, -0.1) is 0 Å². The fraction of sp³-hybridized carbons (Fsp3) is 1.00. The molecule has 0 aromatic heterocycles. The van der Waals surface area contributed by atoms with Gasteiger partial charge in [0.1, 0.15) is 0 Å². The summed E-state index contributed by atoms with van der Waals surface area (Å²) in [6.45, 7) is 11.6. The first-order valence-corrected chi connectivity index (χ1v) is 7.24. The molecule has 1 rings (SSSR count). The second kappa shape index (κ2) is 9.73. The minimum atomic E-state index is 0.646. The molecular formula is C14H30N2O2. The van der Waals surface area contributed by atoms with E-state index in [2.05, 4.69) is 24.1 Å². The molecule has 1 aliphatic heterocycles. The largest absolute Gasteiger partial charge is 0.382 e. The smallest absolute Gasteiger partial charge is 0.0700 e. The molecule has 18 heavy (non-hydrogen) atoms. The molecule has 1 fully saturated rings. The van der Waals surface area contributed by atoms with Crippen LogP contribution in [-0.4, -0.2) is 64.1 Å². The van der Waals surface area contributed by atoms with Crippen LogP contribution in [0, 0.1) is 5.92 Å². The molecule has 1 heterocycles. The van der Waals surface area contributed by atoms with Crippen LogP contribution in [0.5, 0.6) is 0 Å². The average Bonchev–Trinajstić information content (AvgIpc) is 2.35. The maximum atomic E-state index is 5.50. The van der Waals surface area contributed by atoms with E-state index < -0.39 is 0 Å². The van der Waals surface area contributed by atoms with Gasteiger partial charge in [0, 0.05) is 32.8 Å². The van der Waals surface area contributed by atoms with Gasteiger partial charge in [-0.2, -0.15) is 0 Å². The van der Waals surface area contributed by atoms with Crippen molar-refractivity contribution in [1.82, 2.24) is 10.2 Å². The average molecular weight is 258 g/mol. The maximum Gasteiger partial charge on any atom is 0.0700 e. The number of methoxy groups -OCH3 is 1. The summed E-state index contributed by atoms with van der Waals surface area (Å²) >= 11 is 0. The monoisotopic (exact) mass is 258 g/mol. The highest BCUT2D eigenvalue weighted by Crippen LogP contribution is 2.07. The third-order valence-electron chi connectivity index (χ3n) is 3.46. The molecule has 1 saturated heterocycles. The zero-order valence-electron chi connectivity index (χ0n) is 12.3. The molecular weight excluding hydrogens is 228 g/mol. The van der Waals surface area contributed by atoms with Crippen LogP contribution in [-0.2, 0) is 9.47 Å². The van der Waals surface area contributed by atoms with E-state index in [-0.39, 0.29) is 0 Å². The Morgan fingerprint density at radius 2 is 2.06 bits per heavy atom. The van der Waals surface area contributed by atoms with E-state index in [9.17, 15) is 0 Å². The lowest BCUT2D eigenvalue weighted by molar-refractivity contribution is 0.0638. The van der Waals surface area contributed by atoms with Gasteiger partial charge in [-0.3, -0.25) is 0 Å². The zero-order chi connectivity index (χ0) is 13.2. The summed E-state index contributed by atoms with van der Waals surface area (Å²) in [7, 11) is 1.71. The van der Waals surface area contributed by atoms with E-state index in [0.717, 1.165) is 32.0 Å². The Bertz CT molecular complexity index is 202. The minimum absolute atomic E-state index is 0.646. The van der Waals surface area contributed by atoms with Gasteiger partial charge >= 0.3 is 0 Å². The lowest BCUT2D eigenvalue weighted by Gasteiger charge is -2.31. The molecule has 1 aliphatic rings. The van der Waals surface area contributed by atoms with Gasteiger partial charge in [-0.05, 0) is 38.8 Å². The topological polar surface area (TPSA) is 33.7 Å². The Labute approximate surface area is 112 Å². The van der Waals surface area contributed by atoms with Crippen LogP contribution in [0.2, 0.25) is 0 Å². The lowest BCUT2D eigenvalue weighted by atomic mass is 10.1. The summed E-state index contributed by atoms with van der Waals surface area (Å²) in [4.78, 5) is 2.59. The molecule has 1 N–H and O–H groups in total. The Morgan fingerprint density at radius 1 is 1.22 bits per heavy atom. The van der Waals surface area contributed by atoms with E-state index in [0.29, 0.717) is 19.3 Å². The SMILES string of the molecule is COCCOCCCN1CCC(C)NCC(C)C1. The third kappa shape index (κ3) is 7.31. The first-order chi connectivity index (χ1) is 8.72. The summed E-state index contributed by atoms with van der Waals surface area (Å²) in [5, 5.41) is 3.58. The number of ether oxygens (including phenoxy) is 2. The second-order valence-corrected chi connectivity index (χ2v) is 5.46. The van der Waals surface area contributed by atoms with Gasteiger partial charge in [0.2, 0.25) is 0 Å². The van der Waals surface area contributed by atoms with E-state index in [4.69, 9.17) is 9.47 Å². The highest BCUT2D eigenvalue weighted by molar-refractivity contribution is 4.73. The number of hydrogen-bond donors (Lipinski definition) is 1. The molecule has 0 radical (unpaired) electrons. The van der Waals surface area contributed by atoms with E-state index in [1.165, 1.54) is 19.5 Å². The van der Waals surface area contributed by atoms with Gasteiger partial charge in [0.05, 0.1) is 13.2 Å². The van der Waals surface area contributed by atoms with Crippen LogP contribution < -0.4 is 5.32 Å². The molecule has 0 saturated carbocycles. The molecule has 0 bridgehead atoms. The molecule has 0 aromatic carbocycles. The summed E-state index contributed by atoms with van der Waals surface area (Å²) in [6.07, 6.45) is 2.37. The van der Waals surface area contributed by atoms with E-state index >= 15 is 0 Å². The zero-order valence-corrected chi connectivity index (χ0v) is 12.3. The maximum absolute atomic E-state index is 5.50.